The van der Waals surface area contributed by atoms with Crippen LogP contribution in [0.25, 0.3) is 11.1 Å². The van der Waals surface area contributed by atoms with Crippen LogP contribution in [0.5, 0.6) is 0 Å². The maximum atomic E-state index is 13.5. The Balaban J connectivity index is 2.57. The van der Waals surface area contributed by atoms with Crippen molar-refractivity contribution in [1.29, 1.82) is 0 Å². The van der Waals surface area contributed by atoms with E-state index < -0.39 is 5.97 Å². The zero-order valence-electron chi connectivity index (χ0n) is 9.98. The topological polar surface area (TPSA) is 37.3 Å². The molecule has 2 aromatic carbocycles. The minimum Gasteiger partial charge on any atom is -0.481 e. The summed E-state index contributed by atoms with van der Waals surface area (Å²) in [6, 6.07) is 12.0. The van der Waals surface area contributed by atoms with Gasteiger partial charge in [-0.25, -0.2) is 4.39 Å². The summed E-state index contributed by atoms with van der Waals surface area (Å²) >= 11 is 0. The van der Waals surface area contributed by atoms with E-state index in [1.165, 1.54) is 6.07 Å². The largest absolute Gasteiger partial charge is 0.481 e. The third-order valence-electron chi connectivity index (χ3n) is 2.92. The molecule has 2 nitrogen and oxygen atoms in total. The normalized spacial score (nSPS) is 10.3. The van der Waals surface area contributed by atoms with Crippen molar-refractivity contribution in [3.8, 4) is 11.1 Å². The Labute approximate surface area is 105 Å². The highest BCUT2D eigenvalue weighted by molar-refractivity contribution is 5.77. The molecule has 0 aromatic heterocycles. The van der Waals surface area contributed by atoms with Crippen LogP contribution in [-0.2, 0) is 11.2 Å². The van der Waals surface area contributed by atoms with E-state index >= 15 is 0 Å². The van der Waals surface area contributed by atoms with E-state index in [9.17, 15) is 9.18 Å². The molecule has 1 N–H and O–H groups in total. The zero-order chi connectivity index (χ0) is 13.1. The molecule has 0 aliphatic carbocycles. The highest BCUT2D eigenvalue weighted by Gasteiger charge is 2.11. The molecule has 2 aromatic rings. The molecular weight excluding hydrogens is 231 g/mol. The van der Waals surface area contributed by atoms with Gasteiger partial charge >= 0.3 is 5.97 Å². The minimum absolute atomic E-state index is 0.0634. The molecule has 0 radical (unpaired) electrons. The van der Waals surface area contributed by atoms with Gasteiger partial charge in [0.1, 0.15) is 5.82 Å². The molecule has 0 fully saturated rings. The standard InChI is InChI=1S/C15H13FO2/c1-10-12(7-4-8-14(10)16)13-6-3-2-5-11(13)9-15(17)18/h2-8H,9H2,1H3,(H,17,18). The van der Waals surface area contributed by atoms with Crippen LogP contribution in [-0.4, -0.2) is 11.1 Å². The monoisotopic (exact) mass is 244 g/mol. The molecule has 0 spiro atoms. The van der Waals surface area contributed by atoms with Crippen LogP contribution in [0.15, 0.2) is 42.5 Å². The molecule has 2 rings (SSSR count). The highest BCUT2D eigenvalue weighted by Crippen LogP contribution is 2.28. The van der Waals surface area contributed by atoms with Gasteiger partial charge in [-0.2, -0.15) is 0 Å². The lowest BCUT2D eigenvalue weighted by molar-refractivity contribution is -0.136. The second kappa shape index (κ2) is 5.00. The SMILES string of the molecule is Cc1c(F)cccc1-c1ccccc1CC(=O)O. The first-order chi connectivity index (χ1) is 8.59. The van der Waals surface area contributed by atoms with Gasteiger partial charge in [0.05, 0.1) is 6.42 Å². The summed E-state index contributed by atoms with van der Waals surface area (Å²) in [6.45, 7) is 1.70. The fourth-order valence-corrected chi connectivity index (χ4v) is 2.00. The number of halogens is 1. The van der Waals surface area contributed by atoms with Gasteiger partial charge in [0, 0.05) is 0 Å². The van der Waals surface area contributed by atoms with Crippen LogP contribution in [0, 0.1) is 12.7 Å². The lowest BCUT2D eigenvalue weighted by Gasteiger charge is -2.11. The molecule has 0 saturated carbocycles. The van der Waals surface area contributed by atoms with Gasteiger partial charge in [0.15, 0.2) is 0 Å². The molecule has 0 aliphatic heterocycles. The molecule has 0 saturated heterocycles. The van der Waals surface area contributed by atoms with Gasteiger partial charge < -0.3 is 5.11 Å². The van der Waals surface area contributed by atoms with Crippen LogP contribution in [0.1, 0.15) is 11.1 Å². The van der Waals surface area contributed by atoms with Crippen molar-refractivity contribution in [2.75, 3.05) is 0 Å². The van der Waals surface area contributed by atoms with Gasteiger partial charge in [-0.3, -0.25) is 4.79 Å². The van der Waals surface area contributed by atoms with Crippen molar-refractivity contribution in [3.63, 3.8) is 0 Å². The number of carboxylic acids is 1. The fraction of sp³-hybridized carbons (Fsp3) is 0.133. The quantitative estimate of drug-likeness (QED) is 0.898. The van der Waals surface area contributed by atoms with Crippen molar-refractivity contribution in [2.45, 2.75) is 13.3 Å². The molecule has 92 valence electrons. The predicted molar refractivity (Wildman–Crippen MR) is 67.9 cm³/mol. The summed E-state index contributed by atoms with van der Waals surface area (Å²) in [6.07, 6.45) is -0.0634. The van der Waals surface area contributed by atoms with E-state index in [1.54, 1.807) is 31.2 Å². The predicted octanol–water partition coefficient (Wildman–Crippen LogP) is 3.43. The van der Waals surface area contributed by atoms with E-state index in [2.05, 4.69) is 0 Å². The van der Waals surface area contributed by atoms with E-state index in [4.69, 9.17) is 5.11 Å². The Morgan fingerprint density at radius 1 is 1.11 bits per heavy atom. The number of benzene rings is 2. The fourth-order valence-electron chi connectivity index (χ4n) is 2.00. The third-order valence-corrected chi connectivity index (χ3v) is 2.92. The Morgan fingerprint density at radius 2 is 1.78 bits per heavy atom. The smallest absolute Gasteiger partial charge is 0.307 e. The number of aliphatic carboxylic acids is 1. The summed E-state index contributed by atoms with van der Waals surface area (Å²) < 4.78 is 13.5. The molecule has 3 heteroatoms. The van der Waals surface area contributed by atoms with Crippen LogP contribution in [0.2, 0.25) is 0 Å². The average molecular weight is 244 g/mol. The van der Waals surface area contributed by atoms with Crippen LogP contribution < -0.4 is 0 Å². The highest BCUT2D eigenvalue weighted by atomic mass is 19.1. The van der Waals surface area contributed by atoms with E-state index in [-0.39, 0.29) is 12.2 Å². The molecule has 0 heterocycles. The second-order valence-corrected chi connectivity index (χ2v) is 4.14. The van der Waals surface area contributed by atoms with Crippen LogP contribution >= 0.6 is 0 Å². The van der Waals surface area contributed by atoms with Gasteiger partial charge in [0.2, 0.25) is 0 Å². The van der Waals surface area contributed by atoms with Gasteiger partial charge in [-0.1, -0.05) is 36.4 Å². The molecule has 0 unspecified atom stereocenters. The van der Waals surface area contributed by atoms with E-state index in [0.29, 0.717) is 11.1 Å². The molecule has 18 heavy (non-hydrogen) atoms. The second-order valence-electron chi connectivity index (χ2n) is 4.14. The van der Waals surface area contributed by atoms with E-state index in [0.717, 1.165) is 11.1 Å². The molecular formula is C15H13FO2. The third kappa shape index (κ3) is 2.40. The Kier molecular flexibility index (Phi) is 3.42. The lowest BCUT2D eigenvalue weighted by atomic mass is 9.94. The maximum absolute atomic E-state index is 13.5. The summed E-state index contributed by atoms with van der Waals surface area (Å²) in [4.78, 5) is 10.8. The molecule has 0 atom stereocenters. The Hall–Kier alpha value is -2.16. The van der Waals surface area contributed by atoms with Crippen molar-refractivity contribution >= 4 is 5.97 Å². The molecule has 0 bridgehead atoms. The van der Waals surface area contributed by atoms with Crippen molar-refractivity contribution in [2.24, 2.45) is 0 Å². The van der Waals surface area contributed by atoms with Crippen molar-refractivity contribution in [1.82, 2.24) is 0 Å². The number of hydrogen-bond acceptors (Lipinski definition) is 1. The van der Waals surface area contributed by atoms with Crippen molar-refractivity contribution in [3.05, 3.63) is 59.4 Å². The Morgan fingerprint density at radius 3 is 2.50 bits per heavy atom. The van der Waals surface area contributed by atoms with Gasteiger partial charge in [0.25, 0.3) is 0 Å². The average Bonchev–Trinajstić information content (AvgIpc) is 2.33. The van der Waals surface area contributed by atoms with Crippen molar-refractivity contribution < 1.29 is 14.3 Å². The zero-order valence-corrected chi connectivity index (χ0v) is 9.98. The number of carboxylic acid groups (broad SMARTS) is 1. The lowest BCUT2D eigenvalue weighted by Crippen LogP contribution is -2.02. The molecule has 0 aliphatic rings. The minimum atomic E-state index is -0.892. The summed E-state index contributed by atoms with van der Waals surface area (Å²) in [5.74, 6) is -1.17. The van der Waals surface area contributed by atoms with Gasteiger partial charge in [-0.15, -0.1) is 0 Å². The number of hydrogen-bond donors (Lipinski definition) is 1. The Bertz CT molecular complexity index is 591. The van der Waals surface area contributed by atoms with Crippen LogP contribution in [0.3, 0.4) is 0 Å². The van der Waals surface area contributed by atoms with Gasteiger partial charge in [-0.05, 0) is 35.2 Å². The molecule has 0 amide bonds. The summed E-state index contributed by atoms with van der Waals surface area (Å²) in [5, 5.41) is 8.89. The van der Waals surface area contributed by atoms with E-state index in [1.807, 2.05) is 12.1 Å². The maximum Gasteiger partial charge on any atom is 0.307 e. The number of rotatable bonds is 3. The first-order valence-electron chi connectivity index (χ1n) is 5.65. The summed E-state index contributed by atoms with van der Waals surface area (Å²) in [7, 11) is 0. The van der Waals surface area contributed by atoms with Crippen LogP contribution in [0.4, 0.5) is 4.39 Å². The first kappa shape index (κ1) is 12.3. The summed E-state index contributed by atoms with van der Waals surface area (Å²) in [5.41, 5.74) is 2.75. The first-order valence-corrected chi connectivity index (χ1v) is 5.65. The number of carbonyl (C=O) groups is 1.